The fourth-order valence-electron chi connectivity index (χ4n) is 2.82. The van der Waals surface area contributed by atoms with Crippen LogP contribution >= 0.6 is 0 Å². The van der Waals surface area contributed by atoms with Gasteiger partial charge in [-0.2, -0.15) is 0 Å². The van der Waals surface area contributed by atoms with E-state index in [2.05, 4.69) is 6.92 Å². The van der Waals surface area contributed by atoms with E-state index in [0.29, 0.717) is 18.3 Å². The van der Waals surface area contributed by atoms with Crippen molar-refractivity contribution in [1.82, 2.24) is 0 Å². The van der Waals surface area contributed by atoms with E-state index in [4.69, 9.17) is 5.11 Å². The smallest absolute Gasteiger partial charge is 0.0592 e. The Labute approximate surface area is 87.3 Å². The van der Waals surface area contributed by atoms with E-state index < -0.39 is 0 Å². The molecule has 0 bridgehead atoms. The topological polar surface area (TPSA) is 40.5 Å². The molecule has 14 heavy (non-hydrogen) atoms. The molecule has 1 aliphatic rings. The van der Waals surface area contributed by atoms with Gasteiger partial charge in [0.05, 0.1) is 6.10 Å². The molecule has 3 atom stereocenters. The van der Waals surface area contributed by atoms with Gasteiger partial charge in [-0.25, -0.2) is 0 Å². The fourth-order valence-corrected chi connectivity index (χ4v) is 2.82. The van der Waals surface area contributed by atoms with Crippen molar-refractivity contribution in [3.63, 3.8) is 0 Å². The third-order valence-corrected chi connectivity index (χ3v) is 3.55. The molecule has 0 saturated heterocycles. The summed E-state index contributed by atoms with van der Waals surface area (Å²) in [5, 5.41) is 18.7. The van der Waals surface area contributed by atoms with E-state index in [1.165, 1.54) is 32.1 Å². The SMILES string of the molecule is CCCC1CCCCC1C(O)CCO. The van der Waals surface area contributed by atoms with E-state index >= 15 is 0 Å². The van der Waals surface area contributed by atoms with Crippen LogP contribution in [0.3, 0.4) is 0 Å². The normalized spacial score (nSPS) is 30.2. The van der Waals surface area contributed by atoms with Gasteiger partial charge in [-0.05, 0) is 24.7 Å². The molecule has 3 unspecified atom stereocenters. The lowest BCUT2D eigenvalue weighted by atomic mass is 9.73. The molecule has 0 aromatic carbocycles. The molecule has 1 fully saturated rings. The average molecular weight is 200 g/mol. The summed E-state index contributed by atoms with van der Waals surface area (Å²) in [5.41, 5.74) is 0. The van der Waals surface area contributed by atoms with E-state index in [1.807, 2.05) is 0 Å². The zero-order valence-electron chi connectivity index (χ0n) is 9.28. The molecular formula is C12H24O2. The number of hydrogen-bond donors (Lipinski definition) is 2. The molecule has 0 aromatic heterocycles. The number of hydrogen-bond acceptors (Lipinski definition) is 2. The Kier molecular flexibility index (Phi) is 5.49. The second-order valence-corrected chi connectivity index (χ2v) is 4.58. The van der Waals surface area contributed by atoms with Crippen molar-refractivity contribution in [2.24, 2.45) is 11.8 Å². The quantitative estimate of drug-likeness (QED) is 0.715. The molecule has 1 aliphatic carbocycles. The van der Waals surface area contributed by atoms with Gasteiger partial charge in [-0.15, -0.1) is 0 Å². The maximum absolute atomic E-state index is 9.91. The van der Waals surface area contributed by atoms with Gasteiger partial charge < -0.3 is 10.2 Å². The Morgan fingerprint density at radius 3 is 2.64 bits per heavy atom. The van der Waals surface area contributed by atoms with Gasteiger partial charge in [0.15, 0.2) is 0 Å². The maximum Gasteiger partial charge on any atom is 0.0592 e. The monoisotopic (exact) mass is 200 g/mol. The van der Waals surface area contributed by atoms with Crippen molar-refractivity contribution in [3.05, 3.63) is 0 Å². The van der Waals surface area contributed by atoms with Gasteiger partial charge in [-0.3, -0.25) is 0 Å². The minimum atomic E-state index is -0.267. The van der Waals surface area contributed by atoms with Crippen LogP contribution in [-0.2, 0) is 0 Å². The van der Waals surface area contributed by atoms with Crippen LogP contribution in [0.1, 0.15) is 51.9 Å². The predicted octanol–water partition coefficient (Wildman–Crippen LogP) is 2.34. The zero-order valence-corrected chi connectivity index (χ0v) is 9.28. The van der Waals surface area contributed by atoms with Crippen LogP contribution in [-0.4, -0.2) is 22.9 Å². The summed E-state index contributed by atoms with van der Waals surface area (Å²) in [6, 6.07) is 0. The predicted molar refractivity (Wildman–Crippen MR) is 58.1 cm³/mol. The molecule has 0 heterocycles. The molecule has 84 valence electrons. The van der Waals surface area contributed by atoms with Crippen LogP contribution in [0.15, 0.2) is 0 Å². The summed E-state index contributed by atoms with van der Waals surface area (Å²) >= 11 is 0. The van der Waals surface area contributed by atoms with Crippen LogP contribution in [0.5, 0.6) is 0 Å². The summed E-state index contributed by atoms with van der Waals surface area (Å²) < 4.78 is 0. The van der Waals surface area contributed by atoms with Gasteiger partial charge in [0.25, 0.3) is 0 Å². The maximum atomic E-state index is 9.91. The van der Waals surface area contributed by atoms with Gasteiger partial charge in [0.2, 0.25) is 0 Å². The van der Waals surface area contributed by atoms with Crippen LogP contribution in [0.4, 0.5) is 0 Å². The standard InChI is InChI=1S/C12H24O2/c1-2-5-10-6-3-4-7-11(10)12(14)8-9-13/h10-14H,2-9H2,1H3. The molecule has 1 saturated carbocycles. The lowest BCUT2D eigenvalue weighted by Crippen LogP contribution is -2.31. The summed E-state index contributed by atoms with van der Waals surface area (Å²) in [6.45, 7) is 2.33. The Morgan fingerprint density at radius 1 is 1.29 bits per heavy atom. The zero-order chi connectivity index (χ0) is 10.4. The Bertz CT molecular complexity index is 145. The van der Waals surface area contributed by atoms with E-state index in [0.717, 1.165) is 6.42 Å². The average Bonchev–Trinajstić information content (AvgIpc) is 2.19. The molecule has 2 nitrogen and oxygen atoms in total. The largest absolute Gasteiger partial charge is 0.396 e. The highest BCUT2D eigenvalue weighted by atomic mass is 16.3. The molecule has 0 aromatic rings. The molecule has 2 heteroatoms. The van der Waals surface area contributed by atoms with Gasteiger partial charge in [-0.1, -0.05) is 39.0 Å². The van der Waals surface area contributed by atoms with Crippen molar-refractivity contribution in [1.29, 1.82) is 0 Å². The number of rotatable bonds is 5. The van der Waals surface area contributed by atoms with Gasteiger partial charge in [0, 0.05) is 6.61 Å². The molecule has 2 N–H and O–H groups in total. The van der Waals surface area contributed by atoms with Crippen LogP contribution in [0.25, 0.3) is 0 Å². The minimum absolute atomic E-state index is 0.122. The first-order valence-corrected chi connectivity index (χ1v) is 6.08. The Morgan fingerprint density at radius 2 is 2.00 bits per heavy atom. The van der Waals surface area contributed by atoms with E-state index in [9.17, 15) is 5.11 Å². The van der Waals surface area contributed by atoms with Crippen LogP contribution < -0.4 is 0 Å². The van der Waals surface area contributed by atoms with E-state index in [-0.39, 0.29) is 12.7 Å². The molecule has 0 radical (unpaired) electrons. The minimum Gasteiger partial charge on any atom is -0.396 e. The van der Waals surface area contributed by atoms with Crippen molar-refractivity contribution >= 4 is 0 Å². The number of aliphatic hydroxyl groups excluding tert-OH is 2. The first kappa shape index (κ1) is 12.0. The van der Waals surface area contributed by atoms with Crippen LogP contribution in [0.2, 0.25) is 0 Å². The van der Waals surface area contributed by atoms with Crippen molar-refractivity contribution < 1.29 is 10.2 Å². The summed E-state index contributed by atoms with van der Waals surface area (Å²) in [6.07, 6.45) is 7.77. The summed E-state index contributed by atoms with van der Waals surface area (Å²) in [4.78, 5) is 0. The van der Waals surface area contributed by atoms with Gasteiger partial charge >= 0.3 is 0 Å². The molecule has 0 amide bonds. The second-order valence-electron chi connectivity index (χ2n) is 4.58. The lowest BCUT2D eigenvalue weighted by Gasteiger charge is -2.34. The molecular weight excluding hydrogens is 176 g/mol. The molecule has 1 rings (SSSR count). The first-order chi connectivity index (χ1) is 6.79. The molecule has 0 spiro atoms. The lowest BCUT2D eigenvalue weighted by molar-refractivity contribution is 0.0268. The van der Waals surface area contributed by atoms with Crippen molar-refractivity contribution in [3.8, 4) is 0 Å². The van der Waals surface area contributed by atoms with E-state index in [1.54, 1.807) is 0 Å². The highest BCUT2D eigenvalue weighted by molar-refractivity contribution is 4.80. The Balaban J connectivity index is 2.44. The summed E-state index contributed by atoms with van der Waals surface area (Å²) in [7, 11) is 0. The highest BCUT2D eigenvalue weighted by Gasteiger charge is 2.29. The summed E-state index contributed by atoms with van der Waals surface area (Å²) in [5.74, 6) is 1.16. The highest BCUT2D eigenvalue weighted by Crippen LogP contribution is 2.35. The fraction of sp³-hybridized carbons (Fsp3) is 1.00. The molecule has 0 aliphatic heterocycles. The Hall–Kier alpha value is -0.0800. The second kappa shape index (κ2) is 6.41. The third kappa shape index (κ3) is 3.25. The number of aliphatic hydroxyl groups is 2. The van der Waals surface area contributed by atoms with Gasteiger partial charge in [0.1, 0.15) is 0 Å². The van der Waals surface area contributed by atoms with Crippen LogP contribution in [0, 0.1) is 11.8 Å². The van der Waals surface area contributed by atoms with Crippen molar-refractivity contribution in [2.45, 2.75) is 58.0 Å². The first-order valence-electron chi connectivity index (χ1n) is 6.08. The van der Waals surface area contributed by atoms with Crippen molar-refractivity contribution in [2.75, 3.05) is 6.61 Å². The third-order valence-electron chi connectivity index (χ3n) is 3.55.